The number of halogens is 2. The van der Waals surface area contributed by atoms with Crippen molar-refractivity contribution in [3.63, 3.8) is 0 Å². The maximum atomic E-state index is 4.93. The Hall–Kier alpha value is -1.27. The van der Waals surface area contributed by atoms with E-state index in [1.54, 1.807) is 0 Å². The molecular formula is C26H25Cl2Zr-. The van der Waals surface area contributed by atoms with Gasteiger partial charge in [-0.25, -0.2) is 0 Å². The molecule has 0 aromatic heterocycles. The third kappa shape index (κ3) is 5.08. The fourth-order valence-corrected chi connectivity index (χ4v) is 3.95. The van der Waals surface area contributed by atoms with Crippen LogP contribution < -0.4 is 0 Å². The predicted molar refractivity (Wildman–Crippen MR) is 126 cm³/mol. The normalized spacial score (nSPS) is 10.7. The van der Waals surface area contributed by atoms with Crippen LogP contribution in [-0.2, 0) is 27.3 Å². The molecule has 148 valence electrons. The summed E-state index contributed by atoms with van der Waals surface area (Å²) in [4.78, 5) is 0. The van der Waals surface area contributed by atoms with E-state index >= 15 is 0 Å². The van der Waals surface area contributed by atoms with Gasteiger partial charge in [0, 0.05) is 0 Å². The molecule has 0 nitrogen and oxygen atoms in total. The second kappa shape index (κ2) is 10.7. The van der Waals surface area contributed by atoms with Gasteiger partial charge in [0.15, 0.2) is 0 Å². The van der Waals surface area contributed by atoms with E-state index in [1.165, 1.54) is 44.2 Å². The summed E-state index contributed by atoms with van der Waals surface area (Å²) in [6.07, 6.45) is 1.05. The first-order valence-electron chi connectivity index (χ1n) is 9.94. The van der Waals surface area contributed by atoms with Gasteiger partial charge in [0.2, 0.25) is 0 Å². The van der Waals surface area contributed by atoms with Crippen molar-refractivity contribution in [3.8, 4) is 22.3 Å². The van der Waals surface area contributed by atoms with E-state index in [-0.39, 0.29) is 0 Å². The molecular weight excluding hydrogens is 474 g/mol. The van der Waals surface area contributed by atoms with Crippen LogP contribution in [0.15, 0.2) is 78.9 Å². The third-order valence-corrected chi connectivity index (χ3v) is 5.32. The molecule has 0 amide bonds. The first kappa shape index (κ1) is 22.4. The summed E-state index contributed by atoms with van der Waals surface area (Å²) in [5.74, 6) is 0.495. The van der Waals surface area contributed by atoms with Crippen molar-refractivity contribution in [2.24, 2.45) is 0 Å². The van der Waals surface area contributed by atoms with Crippen molar-refractivity contribution in [1.82, 2.24) is 0 Å². The molecule has 0 radical (unpaired) electrons. The van der Waals surface area contributed by atoms with E-state index in [1.807, 2.05) is 0 Å². The molecule has 0 saturated carbocycles. The van der Waals surface area contributed by atoms with Crippen LogP contribution >= 0.6 is 17.0 Å². The van der Waals surface area contributed by atoms with Crippen LogP contribution in [0.5, 0.6) is 0 Å². The second-order valence-electron chi connectivity index (χ2n) is 7.38. The molecule has 0 atom stereocenters. The maximum absolute atomic E-state index is 4.93. The van der Waals surface area contributed by atoms with Crippen LogP contribution in [0.4, 0.5) is 0 Å². The average molecular weight is 500 g/mol. The number of aryl methyl sites for hydroxylation is 1. The molecule has 3 heteroatoms. The topological polar surface area (TPSA) is 0 Å². The summed E-state index contributed by atoms with van der Waals surface area (Å²) in [7, 11) is 9.87. The summed E-state index contributed by atoms with van der Waals surface area (Å²) in [5.41, 5.74) is 8.24. The molecule has 0 aliphatic rings. The van der Waals surface area contributed by atoms with Gasteiger partial charge in [-0.1, -0.05) is 92.6 Å². The Labute approximate surface area is 192 Å². The van der Waals surface area contributed by atoms with Gasteiger partial charge in [-0.05, 0) is 29.0 Å². The Bertz CT molecular complexity index is 1060. The van der Waals surface area contributed by atoms with Crippen molar-refractivity contribution in [2.75, 3.05) is 0 Å². The molecule has 0 aliphatic heterocycles. The van der Waals surface area contributed by atoms with E-state index < -0.39 is 20.8 Å². The molecule has 0 unspecified atom stereocenters. The van der Waals surface area contributed by atoms with Gasteiger partial charge < -0.3 is 0 Å². The van der Waals surface area contributed by atoms with Crippen LogP contribution in [0.25, 0.3) is 33.0 Å². The Balaban J connectivity index is 0.000000755. The Morgan fingerprint density at radius 3 is 2.21 bits per heavy atom. The van der Waals surface area contributed by atoms with Gasteiger partial charge in [0.05, 0.1) is 0 Å². The van der Waals surface area contributed by atoms with Crippen molar-refractivity contribution in [3.05, 3.63) is 90.0 Å². The van der Waals surface area contributed by atoms with Crippen LogP contribution in [0.2, 0.25) is 0 Å². The first-order chi connectivity index (χ1) is 14.1. The number of rotatable bonds is 4. The van der Waals surface area contributed by atoms with Crippen molar-refractivity contribution >= 4 is 27.8 Å². The summed E-state index contributed by atoms with van der Waals surface area (Å²) in [6.45, 7) is 6.83. The minimum absolute atomic E-state index is 0.495. The standard InChI is InChI=1S/C26H25.2ClH.Zr/c1-4-19-10-8-9-13-24(19)26-23(18(2)3)15-14-21-16-22(17-25(21)26)20-11-6-5-7-12-20;;;/h5-18H,4H2,1-3H3;2*1H;/q-1;;;+2/p-2. The molecule has 29 heavy (non-hydrogen) atoms. The van der Waals surface area contributed by atoms with Gasteiger partial charge in [0.25, 0.3) is 0 Å². The molecule has 0 N–H and O–H groups in total. The fraction of sp³-hybridized carbons (Fsp3) is 0.192. The molecule has 0 bridgehead atoms. The summed E-state index contributed by atoms with van der Waals surface area (Å²) in [5, 5.41) is 2.70. The van der Waals surface area contributed by atoms with Crippen LogP contribution in [-0.4, -0.2) is 0 Å². The number of fused-ring (bicyclic) bond motifs is 1. The Morgan fingerprint density at radius 2 is 1.55 bits per heavy atom. The zero-order valence-electron chi connectivity index (χ0n) is 17.0. The first-order valence-corrected chi connectivity index (χ1v) is 16.3. The molecule has 0 saturated heterocycles. The molecule has 0 fully saturated rings. The number of hydrogen-bond donors (Lipinski definition) is 0. The van der Waals surface area contributed by atoms with Gasteiger partial charge in [-0.15, -0.1) is 34.5 Å². The van der Waals surface area contributed by atoms with E-state index in [9.17, 15) is 0 Å². The molecule has 4 aromatic carbocycles. The summed E-state index contributed by atoms with van der Waals surface area (Å²) >= 11 is -0.826. The van der Waals surface area contributed by atoms with Crippen molar-refractivity contribution < 1.29 is 20.8 Å². The van der Waals surface area contributed by atoms with Gasteiger partial charge in [-0.2, -0.15) is 0 Å². The molecule has 4 aromatic rings. The van der Waals surface area contributed by atoms with E-state index in [0.717, 1.165) is 6.42 Å². The molecule has 0 aliphatic carbocycles. The quantitative estimate of drug-likeness (QED) is 0.246. The monoisotopic (exact) mass is 497 g/mol. The predicted octanol–water partition coefficient (Wildman–Crippen LogP) is 8.95. The summed E-state index contributed by atoms with van der Waals surface area (Å²) in [6, 6.07) is 28.9. The molecule has 4 rings (SSSR count). The average Bonchev–Trinajstić information content (AvgIpc) is 3.18. The number of hydrogen-bond acceptors (Lipinski definition) is 0. The second-order valence-corrected chi connectivity index (χ2v) is 11.1. The van der Waals surface area contributed by atoms with E-state index in [4.69, 9.17) is 17.0 Å². The SMILES string of the molecule is CCc1ccccc1-c1c(C(C)C)ccc2[cH-]c(-c3ccccc3)cc12.[Cl][Zr][Cl]. The Kier molecular flexibility index (Phi) is 8.25. The number of benzene rings is 3. The Morgan fingerprint density at radius 1 is 0.897 bits per heavy atom. The van der Waals surface area contributed by atoms with E-state index in [0.29, 0.717) is 5.92 Å². The molecule has 0 heterocycles. The van der Waals surface area contributed by atoms with Crippen molar-refractivity contribution in [2.45, 2.75) is 33.1 Å². The van der Waals surface area contributed by atoms with E-state index in [2.05, 4.69) is 99.6 Å². The zero-order chi connectivity index (χ0) is 20.8. The summed E-state index contributed by atoms with van der Waals surface area (Å²) < 4.78 is 0. The molecule has 0 spiro atoms. The van der Waals surface area contributed by atoms with Gasteiger partial charge >= 0.3 is 37.9 Å². The van der Waals surface area contributed by atoms with Crippen LogP contribution in [0, 0.1) is 0 Å². The minimum atomic E-state index is -0.826. The third-order valence-electron chi connectivity index (χ3n) is 5.32. The van der Waals surface area contributed by atoms with Crippen molar-refractivity contribution in [1.29, 1.82) is 0 Å². The fourth-order valence-electron chi connectivity index (χ4n) is 3.95. The van der Waals surface area contributed by atoms with Crippen LogP contribution in [0.3, 0.4) is 0 Å². The van der Waals surface area contributed by atoms with Gasteiger partial charge in [-0.3, -0.25) is 0 Å². The van der Waals surface area contributed by atoms with Crippen LogP contribution in [0.1, 0.15) is 37.8 Å². The van der Waals surface area contributed by atoms with Gasteiger partial charge in [0.1, 0.15) is 0 Å². The zero-order valence-corrected chi connectivity index (χ0v) is 21.0.